The fourth-order valence-electron chi connectivity index (χ4n) is 1.92. The zero-order valence-corrected chi connectivity index (χ0v) is 11.2. The van der Waals surface area contributed by atoms with E-state index in [0.29, 0.717) is 0 Å². The molecule has 0 unspecified atom stereocenters. The Morgan fingerprint density at radius 3 is 2.67 bits per heavy atom. The maximum Gasteiger partial charge on any atom is 0.178 e. The van der Waals surface area contributed by atoms with Crippen LogP contribution in [0.15, 0.2) is 43.0 Å². The molecule has 1 aromatic carbocycles. The Hall–Kier alpha value is -1.87. The molecule has 0 radical (unpaired) electrons. The van der Waals surface area contributed by atoms with Crippen molar-refractivity contribution in [1.29, 1.82) is 0 Å². The van der Waals surface area contributed by atoms with Crippen LogP contribution in [-0.4, -0.2) is 9.55 Å². The number of aromatic amines is 1. The monoisotopic (exact) mass is 256 g/mol. The van der Waals surface area contributed by atoms with Gasteiger partial charge in [-0.2, -0.15) is 0 Å². The third-order valence-corrected chi connectivity index (χ3v) is 3.09. The molecule has 0 saturated heterocycles. The molecule has 1 heterocycles. The van der Waals surface area contributed by atoms with Crippen molar-refractivity contribution in [3.63, 3.8) is 0 Å². The molecule has 2 rings (SSSR count). The number of rotatable bonds is 4. The first-order valence-corrected chi connectivity index (χ1v) is 6.29. The van der Waals surface area contributed by atoms with E-state index in [1.807, 2.05) is 37.3 Å². The number of benzene rings is 1. The molecule has 0 aliphatic rings. The Morgan fingerprint density at radius 2 is 2.06 bits per heavy atom. The molecule has 92 valence electrons. The lowest BCUT2D eigenvalue weighted by Gasteiger charge is -2.06. The van der Waals surface area contributed by atoms with Crippen molar-refractivity contribution in [3.05, 3.63) is 64.7 Å². The fraction of sp³-hybridized carbons (Fsp3) is 0.133. The fourth-order valence-corrected chi connectivity index (χ4v) is 2.19. The maximum absolute atomic E-state index is 5.37. The van der Waals surface area contributed by atoms with Crippen LogP contribution in [0.5, 0.6) is 0 Å². The Bertz CT molecular complexity index is 618. The quantitative estimate of drug-likeness (QED) is 0.810. The second kappa shape index (κ2) is 5.65. The zero-order valence-electron chi connectivity index (χ0n) is 10.4. The highest BCUT2D eigenvalue weighted by Crippen LogP contribution is 2.15. The smallest absolute Gasteiger partial charge is 0.178 e. The van der Waals surface area contributed by atoms with Crippen molar-refractivity contribution in [2.24, 2.45) is 0 Å². The second-order valence-electron chi connectivity index (χ2n) is 4.00. The van der Waals surface area contributed by atoms with Gasteiger partial charge in [0.15, 0.2) is 4.77 Å². The Balaban J connectivity index is 2.47. The van der Waals surface area contributed by atoms with Crippen molar-refractivity contribution >= 4 is 24.4 Å². The van der Waals surface area contributed by atoms with Gasteiger partial charge in [-0.15, -0.1) is 0 Å². The average Bonchev–Trinajstić information content (AvgIpc) is 2.69. The van der Waals surface area contributed by atoms with Gasteiger partial charge in [-0.3, -0.25) is 0 Å². The van der Waals surface area contributed by atoms with Gasteiger partial charge in [-0.05, 0) is 36.9 Å². The summed E-state index contributed by atoms with van der Waals surface area (Å²) in [4.78, 5) is 3.18. The minimum atomic E-state index is 0.724. The standard InChI is InChI=1S/C15H16N2S/c1-3-8-14-13(4-2)16-15(18)17(14)11-12-9-6-5-7-10-12/h3-10H,2,11H2,1H3,(H,16,18)/b8-3-. The van der Waals surface area contributed by atoms with Crippen LogP contribution in [-0.2, 0) is 6.54 Å². The number of hydrogen-bond acceptors (Lipinski definition) is 1. The van der Waals surface area contributed by atoms with Gasteiger partial charge in [-0.1, -0.05) is 43.0 Å². The molecule has 0 fully saturated rings. The predicted octanol–water partition coefficient (Wildman–Crippen LogP) is 4.27. The summed E-state index contributed by atoms with van der Waals surface area (Å²) in [6.45, 7) is 6.57. The summed E-state index contributed by atoms with van der Waals surface area (Å²) < 4.78 is 2.81. The molecule has 2 aromatic rings. The summed E-state index contributed by atoms with van der Waals surface area (Å²) in [6.07, 6.45) is 5.85. The van der Waals surface area contributed by atoms with Crippen LogP contribution < -0.4 is 0 Å². The highest BCUT2D eigenvalue weighted by atomic mass is 32.1. The van der Waals surface area contributed by atoms with Crippen molar-refractivity contribution in [2.45, 2.75) is 13.5 Å². The predicted molar refractivity (Wildman–Crippen MR) is 80.0 cm³/mol. The SMILES string of the molecule is C=Cc1[nH]c(=S)n(Cc2ccccc2)c1/C=C\C. The third-order valence-electron chi connectivity index (χ3n) is 2.77. The molecule has 18 heavy (non-hydrogen) atoms. The third kappa shape index (κ3) is 2.51. The van der Waals surface area contributed by atoms with E-state index >= 15 is 0 Å². The minimum Gasteiger partial charge on any atom is -0.331 e. The minimum absolute atomic E-state index is 0.724. The van der Waals surface area contributed by atoms with Gasteiger partial charge in [-0.25, -0.2) is 0 Å². The summed E-state index contributed by atoms with van der Waals surface area (Å²) in [7, 11) is 0. The number of imidazole rings is 1. The Morgan fingerprint density at radius 1 is 1.33 bits per heavy atom. The molecule has 3 heteroatoms. The molecular weight excluding hydrogens is 240 g/mol. The van der Waals surface area contributed by atoms with Crippen LogP contribution in [0.1, 0.15) is 23.9 Å². The number of aromatic nitrogens is 2. The lowest BCUT2D eigenvalue weighted by molar-refractivity contribution is 0.776. The maximum atomic E-state index is 5.37. The molecule has 1 N–H and O–H groups in total. The summed E-state index contributed by atoms with van der Waals surface area (Å²) in [6, 6.07) is 10.3. The van der Waals surface area contributed by atoms with Crippen LogP contribution in [0.25, 0.3) is 12.2 Å². The largest absolute Gasteiger partial charge is 0.331 e. The summed E-state index contributed by atoms with van der Waals surface area (Å²) in [5, 5.41) is 0. The molecule has 0 bridgehead atoms. The summed E-state index contributed by atoms with van der Waals surface area (Å²) in [5.41, 5.74) is 3.27. The average molecular weight is 256 g/mol. The summed E-state index contributed by atoms with van der Waals surface area (Å²) in [5.74, 6) is 0. The van der Waals surface area contributed by atoms with E-state index in [9.17, 15) is 0 Å². The van der Waals surface area contributed by atoms with Crippen molar-refractivity contribution in [2.75, 3.05) is 0 Å². The lowest BCUT2D eigenvalue weighted by atomic mass is 10.2. The summed E-state index contributed by atoms with van der Waals surface area (Å²) >= 11 is 5.37. The molecule has 0 spiro atoms. The van der Waals surface area contributed by atoms with Crippen molar-refractivity contribution in [1.82, 2.24) is 9.55 Å². The Kier molecular flexibility index (Phi) is 3.95. The van der Waals surface area contributed by atoms with Gasteiger partial charge in [0.1, 0.15) is 0 Å². The molecule has 2 nitrogen and oxygen atoms in total. The number of nitrogens with one attached hydrogen (secondary N) is 1. The molecule has 0 saturated carbocycles. The number of hydrogen-bond donors (Lipinski definition) is 1. The van der Waals surface area contributed by atoms with Gasteiger partial charge in [0.05, 0.1) is 17.9 Å². The van der Waals surface area contributed by atoms with Crippen LogP contribution >= 0.6 is 12.2 Å². The molecular formula is C15H16N2S. The second-order valence-corrected chi connectivity index (χ2v) is 4.39. The molecule has 0 aliphatic carbocycles. The first kappa shape index (κ1) is 12.6. The van der Waals surface area contributed by atoms with E-state index in [0.717, 1.165) is 22.7 Å². The Labute approximate surface area is 112 Å². The number of H-pyrrole nitrogens is 1. The van der Waals surface area contributed by atoms with E-state index in [-0.39, 0.29) is 0 Å². The van der Waals surface area contributed by atoms with Gasteiger partial charge in [0.25, 0.3) is 0 Å². The van der Waals surface area contributed by atoms with E-state index < -0.39 is 0 Å². The van der Waals surface area contributed by atoms with E-state index in [2.05, 4.69) is 28.3 Å². The van der Waals surface area contributed by atoms with E-state index in [4.69, 9.17) is 12.2 Å². The zero-order chi connectivity index (χ0) is 13.0. The normalized spacial score (nSPS) is 10.9. The highest BCUT2D eigenvalue weighted by molar-refractivity contribution is 7.71. The van der Waals surface area contributed by atoms with Gasteiger partial charge in [0.2, 0.25) is 0 Å². The first-order valence-electron chi connectivity index (χ1n) is 5.88. The number of nitrogens with zero attached hydrogens (tertiary/aromatic N) is 1. The lowest BCUT2D eigenvalue weighted by Crippen LogP contribution is -2.02. The van der Waals surface area contributed by atoms with Crippen molar-refractivity contribution < 1.29 is 0 Å². The van der Waals surface area contributed by atoms with Gasteiger partial charge < -0.3 is 9.55 Å². The van der Waals surface area contributed by atoms with Crippen molar-refractivity contribution in [3.8, 4) is 0 Å². The molecule has 0 amide bonds. The van der Waals surface area contributed by atoms with Crippen LogP contribution in [0, 0.1) is 4.77 Å². The van der Waals surface area contributed by atoms with E-state index in [1.54, 1.807) is 6.08 Å². The highest BCUT2D eigenvalue weighted by Gasteiger charge is 2.07. The van der Waals surface area contributed by atoms with Crippen LogP contribution in [0.3, 0.4) is 0 Å². The van der Waals surface area contributed by atoms with E-state index in [1.165, 1.54) is 5.56 Å². The molecule has 0 aliphatic heterocycles. The van der Waals surface area contributed by atoms with Crippen LogP contribution in [0.2, 0.25) is 0 Å². The first-order chi connectivity index (χ1) is 8.76. The molecule has 0 atom stereocenters. The topological polar surface area (TPSA) is 20.7 Å². The van der Waals surface area contributed by atoms with Gasteiger partial charge >= 0.3 is 0 Å². The molecule has 1 aromatic heterocycles. The van der Waals surface area contributed by atoms with Crippen LogP contribution in [0.4, 0.5) is 0 Å². The van der Waals surface area contributed by atoms with Gasteiger partial charge in [0, 0.05) is 0 Å². The number of allylic oxidation sites excluding steroid dienone is 1.